The summed E-state index contributed by atoms with van der Waals surface area (Å²) < 4.78 is 44.9. The van der Waals surface area contributed by atoms with Crippen LogP contribution in [0.1, 0.15) is 45.1 Å². The third kappa shape index (κ3) is 8.40. The maximum absolute atomic E-state index is 14.1. The van der Waals surface area contributed by atoms with Gasteiger partial charge in [0.05, 0.1) is 53.2 Å². The SMILES string of the molecule is Cn1c(-c2cn(-c3ccc(C#N)cn3)nc2C(F)(F)F)cnc1C(=O)Nc1ccc(C(=O)N2CCN(C(=O)C3CC[N+](CC(=O)O)(CC4CNC4)CC3)CC2)c(Cl)c1. The zero-order valence-electron chi connectivity index (χ0n) is 31.4. The minimum atomic E-state index is -4.86. The van der Waals surface area contributed by atoms with Crippen LogP contribution in [0.2, 0.25) is 5.02 Å². The molecular formula is C38H40ClF3N11O5+. The number of hydrogen-bond acceptors (Lipinski definition) is 9. The van der Waals surface area contributed by atoms with Gasteiger partial charge in [-0.25, -0.2) is 19.4 Å². The van der Waals surface area contributed by atoms with E-state index >= 15 is 0 Å². The number of piperidine rings is 1. The van der Waals surface area contributed by atoms with E-state index in [1.807, 2.05) is 6.07 Å². The molecule has 7 rings (SSSR count). The lowest BCUT2D eigenvalue weighted by atomic mass is 9.90. The van der Waals surface area contributed by atoms with Crippen molar-refractivity contribution in [2.45, 2.75) is 19.0 Å². The number of imidazole rings is 1. The molecule has 3 aliphatic rings. The van der Waals surface area contributed by atoms with Gasteiger partial charge in [-0.2, -0.15) is 23.5 Å². The molecule has 0 radical (unpaired) electrons. The molecule has 16 nitrogen and oxygen atoms in total. The smallest absolute Gasteiger partial charge is 0.435 e. The number of piperazine rings is 1. The van der Waals surface area contributed by atoms with Crippen LogP contribution in [0.5, 0.6) is 0 Å². The van der Waals surface area contributed by atoms with Crippen molar-refractivity contribution in [2.24, 2.45) is 18.9 Å². The molecule has 58 heavy (non-hydrogen) atoms. The van der Waals surface area contributed by atoms with Crippen LogP contribution >= 0.6 is 11.6 Å². The summed E-state index contributed by atoms with van der Waals surface area (Å²) in [5.74, 6) is -1.81. The van der Waals surface area contributed by atoms with Crippen molar-refractivity contribution < 1.29 is 41.9 Å². The molecule has 1 aromatic carbocycles. The number of nitrogens with zero attached hydrogens (tertiary/aromatic N) is 9. The first kappa shape index (κ1) is 40.4. The normalized spacial score (nSPS) is 20.0. The largest absolute Gasteiger partial charge is 0.477 e. The number of benzene rings is 1. The third-order valence-corrected chi connectivity index (χ3v) is 11.4. The van der Waals surface area contributed by atoms with Crippen molar-refractivity contribution in [3.05, 3.63) is 76.6 Å². The van der Waals surface area contributed by atoms with E-state index in [-0.39, 0.29) is 69.0 Å². The highest BCUT2D eigenvalue weighted by atomic mass is 35.5. The van der Waals surface area contributed by atoms with Gasteiger partial charge in [0.2, 0.25) is 5.91 Å². The van der Waals surface area contributed by atoms with E-state index in [0.717, 1.165) is 36.7 Å². The Bertz CT molecular complexity index is 2270. The number of carbonyl (C=O) groups is 4. The van der Waals surface area contributed by atoms with Crippen molar-refractivity contribution in [1.29, 1.82) is 5.26 Å². The summed E-state index contributed by atoms with van der Waals surface area (Å²) in [6, 6.07) is 8.97. The number of amides is 3. The number of rotatable bonds is 10. The number of aromatic nitrogens is 5. The Morgan fingerprint density at radius 2 is 1.74 bits per heavy atom. The summed E-state index contributed by atoms with van der Waals surface area (Å²) in [5, 5.41) is 28.2. The third-order valence-electron chi connectivity index (χ3n) is 11.1. The predicted octanol–water partition coefficient (Wildman–Crippen LogP) is 3.28. The number of nitriles is 1. The van der Waals surface area contributed by atoms with Gasteiger partial charge in [-0.1, -0.05) is 11.6 Å². The van der Waals surface area contributed by atoms with Crippen LogP contribution in [-0.4, -0.2) is 133 Å². The lowest BCUT2D eigenvalue weighted by molar-refractivity contribution is -0.929. The Hall–Kier alpha value is -5.84. The molecule has 304 valence electrons. The molecule has 3 saturated heterocycles. The van der Waals surface area contributed by atoms with Gasteiger partial charge in [0.1, 0.15) is 6.07 Å². The second-order valence-corrected chi connectivity index (χ2v) is 15.4. The maximum atomic E-state index is 14.1. The van der Waals surface area contributed by atoms with Gasteiger partial charge in [-0.3, -0.25) is 14.4 Å². The fraction of sp³-hybridized carbons (Fsp3) is 0.421. The van der Waals surface area contributed by atoms with Crippen molar-refractivity contribution in [1.82, 2.24) is 39.4 Å². The molecule has 3 aromatic heterocycles. The van der Waals surface area contributed by atoms with Crippen LogP contribution in [0.3, 0.4) is 0 Å². The highest BCUT2D eigenvalue weighted by molar-refractivity contribution is 6.34. The first-order valence-corrected chi connectivity index (χ1v) is 19.0. The van der Waals surface area contributed by atoms with Gasteiger partial charge in [0.25, 0.3) is 11.8 Å². The minimum Gasteiger partial charge on any atom is -0.477 e. The zero-order valence-corrected chi connectivity index (χ0v) is 32.1. The highest BCUT2D eigenvalue weighted by Crippen LogP contribution is 2.37. The summed E-state index contributed by atoms with van der Waals surface area (Å²) in [7, 11) is 1.38. The van der Waals surface area contributed by atoms with Crippen LogP contribution in [0.25, 0.3) is 17.1 Å². The van der Waals surface area contributed by atoms with E-state index in [0.29, 0.717) is 62.5 Å². The number of carbonyl (C=O) groups excluding carboxylic acids is 3. The van der Waals surface area contributed by atoms with Crippen molar-refractivity contribution in [3.63, 3.8) is 0 Å². The number of halogens is 4. The Morgan fingerprint density at radius 3 is 2.33 bits per heavy atom. The average Bonchev–Trinajstić information content (AvgIpc) is 3.80. The van der Waals surface area contributed by atoms with Crippen molar-refractivity contribution in [2.75, 3.05) is 70.8 Å². The molecule has 0 spiro atoms. The fourth-order valence-electron chi connectivity index (χ4n) is 7.94. The lowest BCUT2D eigenvalue weighted by Gasteiger charge is -2.46. The van der Waals surface area contributed by atoms with E-state index in [1.165, 1.54) is 48.1 Å². The molecule has 0 saturated carbocycles. The molecule has 0 atom stereocenters. The second-order valence-electron chi connectivity index (χ2n) is 15.0. The molecule has 4 aromatic rings. The number of carboxylic acid groups (broad SMARTS) is 1. The molecule has 0 bridgehead atoms. The topological polar surface area (TPSA) is 191 Å². The first-order chi connectivity index (χ1) is 27.6. The van der Waals surface area contributed by atoms with Crippen LogP contribution in [0.4, 0.5) is 18.9 Å². The van der Waals surface area contributed by atoms with Gasteiger partial charge in [-0.15, -0.1) is 0 Å². The van der Waals surface area contributed by atoms with E-state index in [2.05, 4.69) is 25.7 Å². The Balaban J connectivity index is 0.957. The monoisotopic (exact) mass is 822 g/mol. The summed E-state index contributed by atoms with van der Waals surface area (Å²) in [4.78, 5) is 63.4. The maximum Gasteiger partial charge on any atom is 0.435 e. The van der Waals surface area contributed by atoms with E-state index in [1.54, 1.807) is 9.80 Å². The molecule has 0 aliphatic carbocycles. The number of anilines is 1. The molecule has 6 heterocycles. The molecule has 20 heteroatoms. The van der Waals surface area contributed by atoms with Gasteiger partial charge in [-0.05, 0) is 30.3 Å². The Morgan fingerprint density at radius 1 is 1.03 bits per heavy atom. The van der Waals surface area contributed by atoms with Crippen LogP contribution < -0.4 is 10.6 Å². The average molecular weight is 823 g/mol. The van der Waals surface area contributed by atoms with E-state index in [9.17, 15) is 37.5 Å². The number of pyridine rings is 1. The number of hydrogen-bond donors (Lipinski definition) is 3. The Kier molecular flexibility index (Phi) is 11.3. The summed E-state index contributed by atoms with van der Waals surface area (Å²) in [6.07, 6.45) is -0.176. The molecule has 3 N–H and O–H groups in total. The molecule has 3 amide bonds. The van der Waals surface area contributed by atoms with Crippen molar-refractivity contribution >= 4 is 41.0 Å². The standard InChI is InChI=1S/C38H39ClF3N11O5/c1-49-30(28-20-52(48-33(28)38(40,41)42)31-5-2-23(15-43)18-45-31)19-46-34(49)35(56)47-26-3-4-27(29(39)14-26)37(58)51-10-8-50(9-11-51)36(57)25-6-12-53(13-7-25,22-32(54)55)21-24-16-44-17-24/h2-5,14,18-20,24-25,44H,6-13,16-17,21-22H2,1H3,(H-,47,54,55,56,58)/p+1. The summed E-state index contributed by atoms with van der Waals surface area (Å²) in [5.41, 5.74) is -1.01. The minimum absolute atomic E-state index is 0.0276. The predicted molar refractivity (Wildman–Crippen MR) is 202 cm³/mol. The van der Waals surface area contributed by atoms with Gasteiger partial charge >= 0.3 is 12.1 Å². The fourth-order valence-corrected chi connectivity index (χ4v) is 8.20. The molecule has 3 aliphatic heterocycles. The zero-order chi connectivity index (χ0) is 41.4. The highest BCUT2D eigenvalue weighted by Gasteiger charge is 2.42. The quantitative estimate of drug-likeness (QED) is 0.200. The van der Waals surface area contributed by atoms with Gasteiger partial charge in [0, 0.05) is 89.1 Å². The number of quaternary nitrogens is 1. The van der Waals surface area contributed by atoms with Crippen molar-refractivity contribution in [3.8, 4) is 23.1 Å². The van der Waals surface area contributed by atoms with Crippen LogP contribution in [0.15, 0.2) is 48.9 Å². The van der Waals surface area contributed by atoms with Crippen LogP contribution in [0, 0.1) is 23.2 Å². The summed E-state index contributed by atoms with van der Waals surface area (Å²) >= 11 is 6.54. The molecule has 0 unspecified atom stereocenters. The summed E-state index contributed by atoms with van der Waals surface area (Å²) in [6.45, 7) is 5.20. The number of aliphatic carboxylic acids is 1. The molecule has 3 fully saturated rings. The van der Waals surface area contributed by atoms with Gasteiger partial charge in [0.15, 0.2) is 23.9 Å². The lowest BCUT2D eigenvalue weighted by Crippen LogP contribution is -2.62. The van der Waals surface area contributed by atoms with E-state index < -0.39 is 23.7 Å². The number of alkyl halides is 3. The van der Waals surface area contributed by atoms with Gasteiger partial charge < -0.3 is 34.6 Å². The first-order valence-electron chi connectivity index (χ1n) is 18.7. The number of nitrogens with one attached hydrogen (secondary N) is 2. The number of likely N-dealkylation sites (tertiary alicyclic amines) is 1. The van der Waals surface area contributed by atoms with Crippen LogP contribution in [-0.2, 0) is 22.8 Å². The van der Waals surface area contributed by atoms with E-state index in [4.69, 9.17) is 16.9 Å². The second kappa shape index (κ2) is 16.2. The number of carboxylic acids is 1. The Labute approximate surface area is 335 Å². The molecular weight excluding hydrogens is 783 g/mol.